The van der Waals surface area contributed by atoms with Gasteiger partial charge < -0.3 is 15.3 Å². The van der Waals surface area contributed by atoms with Gasteiger partial charge in [-0.25, -0.2) is 4.79 Å². The fourth-order valence-electron chi connectivity index (χ4n) is 2.41. The number of likely N-dealkylation sites (tertiary alicyclic amines) is 1. The van der Waals surface area contributed by atoms with Crippen molar-refractivity contribution >= 4 is 17.8 Å². The average Bonchev–Trinajstić information content (AvgIpc) is 2.33. The molecule has 0 spiro atoms. The standard InChI is InChI=1S/C13H26N2O2S/c1-11-5-3-6-12(2)15(11)13(17)14-7-10-18-9-4-8-16/h11-12,16H,3-10H2,1-2H3,(H,14,17). The first kappa shape index (κ1) is 15.6. The van der Waals surface area contributed by atoms with E-state index in [0.717, 1.165) is 30.8 Å². The van der Waals surface area contributed by atoms with E-state index in [4.69, 9.17) is 5.11 Å². The molecule has 1 aliphatic rings. The summed E-state index contributed by atoms with van der Waals surface area (Å²) in [6, 6.07) is 0.795. The molecule has 1 aliphatic heterocycles. The van der Waals surface area contributed by atoms with Crippen molar-refractivity contribution in [3.05, 3.63) is 0 Å². The summed E-state index contributed by atoms with van der Waals surface area (Å²) in [6.45, 7) is 5.23. The Morgan fingerprint density at radius 2 is 2.00 bits per heavy atom. The number of aliphatic hydroxyl groups excluding tert-OH is 1. The predicted molar refractivity (Wildman–Crippen MR) is 77.0 cm³/mol. The van der Waals surface area contributed by atoms with Crippen LogP contribution >= 0.6 is 11.8 Å². The molecule has 2 N–H and O–H groups in total. The number of aliphatic hydroxyl groups is 1. The van der Waals surface area contributed by atoms with E-state index in [1.165, 1.54) is 6.42 Å². The molecule has 0 aliphatic carbocycles. The fraction of sp³-hybridized carbons (Fsp3) is 0.923. The Kier molecular flexibility index (Phi) is 7.51. The summed E-state index contributed by atoms with van der Waals surface area (Å²) in [5.74, 6) is 1.88. The lowest BCUT2D eigenvalue weighted by Gasteiger charge is -2.38. The van der Waals surface area contributed by atoms with Crippen LogP contribution < -0.4 is 5.32 Å². The van der Waals surface area contributed by atoms with Gasteiger partial charge in [0, 0.05) is 31.0 Å². The molecular weight excluding hydrogens is 248 g/mol. The van der Waals surface area contributed by atoms with Crippen LogP contribution in [0.15, 0.2) is 0 Å². The van der Waals surface area contributed by atoms with Crippen LogP contribution in [0.5, 0.6) is 0 Å². The molecule has 0 radical (unpaired) electrons. The van der Waals surface area contributed by atoms with Gasteiger partial charge in [0.1, 0.15) is 0 Å². The summed E-state index contributed by atoms with van der Waals surface area (Å²) in [6.07, 6.45) is 4.29. The van der Waals surface area contributed by atoms with Gasteiger partial charge in [0.25, 0.3) is 0 Å². The van der Waals surface area contributed by atoms with Crippen molar-refractivity contribution in [2.24, 2.45) is 0 Å². The molecule has 18 heavy (non-hydrogen) atoms. The Morgan fingerprint density at radius 3 is 2.61 bits per heavy atom. The van der Waals surface area contributed by atoms with Crippen LogP contribution in [0.1, 0.15) is 39.5 Å². The van der Waals surface area contributed by atoms with Crippen molar-refractivity contribution in [1.82, 2.24) is 10.2 Å². The third-order valence-electron chi connectivity index (χ3n) is 3.40. The molecule has 2 amide bonds. The minimum absolute atomic E-state index is 0.0810. The highest BCUT2D eigenvalue weighted by molar-refractivity contribution is 7.99. The number of nitrogens with zero attached hydrogens (tertiary/aromatic N) is 1. The zero-order chi connectivity index (χ0) is 13.4. The van der Waals surface area contributed by atoms with E-state index in [-0.39, 0.29) is 12.6 Å². The number of rotatable bonds is 6. The van der Waals surface area contributed by atoms with E-state index in [2.05, 4.69) is 19.2 Å². The first-order chi connectivity index (χ1) is 8.66. The van der Waals surface area contributed by atoms with Gasteiger partial charge >= 0.3 is 6.03 Å². The first-order valence-electron chi connectivity index (χ1n) is 6.91. The lowest BCUT2D eigenvalue weighted by Crippen LogP contribution is -2.52. The predicted octanol–water partition coefficient (Wildman–Crippen LogP) is 2.07. The van der Waals surface area contributed by atoms with Gasteiger partial charge in [-0.3, -0.25) is 0 Å². The minimum atomic E-state index is 0.0810. The lowest BCUT2D eigenvalue weighted by atomic mass is 9.98. The fourth-order valence-corrected chi connectivity index (χ4v) is 3.20. The number of carbonyl (C=O) groups is 1. The van der Waals surface area contributed by atoms with Gasteiger partial charge in [-0.2, -0.15) is 11.8 Å². The van der Waals surface area contributed by atoms with Gasteiger partial charge in [0.05, 0.1) is 0 Å². The molecule has 106 valence electrons. The van der Waals surface area contributed by atoms with Crippen molar-refractivity contribution < 1.29 is 9.90 Å². The highest BCUT2D eigenvalue weighted by atomic mass is 32.2. The number of nitrogens with one attached hydrogen (secondary N) is 1. The van der Waals surface area contributed by atoms with E-state index in [9.17, 15) is 4.79 Å². The van der Waals surface area contributed by atoms with Crippen LogP contribution in [0.25, 0.3) is 0 Å². The van der Waals surface area contributed by atoms with Crippen LogP contribution in [0.4, 0.5) is 4.79 Å². The van der Waals surface area contributed by atoms with Gasteiger partial charge in [-0.15, -0.1) is 0 Å². The molecule has 0 aromatic heterocycles. The molecule has 2 atom stereocenters. The van der Waals surface area contributed by atoms with Crippen LogP contribution in [0.3, 0.4) is 0 Å². The summed E-state index contributed by atoms with van der Waals surface area (Å²) in [7, 11) is 0. The molecule has 2 unspecified atom stereocenters. The molecule has 0 saturated carbocycles. The molecule has 1 rings (SSSR count). The van der Waals surface area contributed by atoms with Crippen LogP contribution in [0.2, 0.25) is 0 Å². The van der Waals surface area contributed by atoms with Crippen LogP contribution in [-0.2, 0) is 0 Å². The molecule has 0 bridgehead atoms. The number of carbonyl (C=O) groups excluding carboxylic acids is 1. The highest BCUT2D eigenvalue weighted by Crippen LogP contribution is 2.22. The van der Waals surface area contributed by atoms with Crippen molar-refractivity contribution in [3.63, 3.8) is 0 Å². The molecule has 4 nitrogen and oxygen atoms in total. The Labute approximate surface area is 115 Å². The van der Waals surface area contributed by atoms with Crippen LogP contribution in [0, 0.1) is 0 Å². The Morgan fingerprint density at radius 1 is 1.33 bits per heavy atom. The summed E-state index contributed by atoms with van der Waals surface area (Å²) in [4.78, 5) is 14.1. The lowest BCUT2D eigenvalue weighted by molar-refractivity contribution is 0.123. The maximum atomic E-state index is 12.1. The number of thioether (sulfide) groups is 1. The topological polar surface area (TPSA) is 52.6 Å². The summed E-state index contributed by atoms with van der Waals surface area (Å²) < 4.78 is 0. The second-order valence-corrected chi connectivity index (χ2v) is 6.18. The largest absolute Gasteiger partial charge is 0.396 e. The van der Waals surface area contributed by atoms with Crippen molar-refractivity contribution in [2.75, 3.05) is 24.7 Å². The maximum Gasteiger partial charge on any atom is 0.317 e. The number of hydrogen-bond acceptors (Lipinski definition) is 3. The monoisotopic (exact) mass is 274 g/mol. The second kappa shape index (κ2) is 8.64. The smallest absolute Gasteiger partial charge is 0.317 e. The Balaban J connectivity index is 2.18. The number of hydrogen-bond donors (Lipinski definition) is 2. The zero-order valence-electron chi connectivity index (χ0n) is 11.5. The van der Waals surface area contributed by atoms with E-state index in [1.54, 1.807) is 11.8 Å². The molecule has 0 aromatic carbocycles. The average molecular weight is 274 g/mol. The van der Waals surface area contributed by atoms with Gasteiger partial charge in [-0.1, -0.05) is 0 Å². The molecule has 1 fully saturated rings. The third-order valence-corrected chi connectivity index (χ3v) is 4.47. The molecule has 1 saturated heterocycles. The molecular formula is C13H26N2O2S. The Bertz CT molecular complexity index is 241. The van der Waals surface area contributed by atoms with Crippen LogP contribution in [-0.4, -0.2) is 52.8 Å². The van der Waals surface area contributed by atoms with Gasteiger partial charge in [0.15, 0.2) is 0 Å². The van der Waals surface area contributed by atoms with E-state index >= 15 is 0 Å². The maximum absolute atomic E-state index is 12.1. The number of amides is 2. The summed E-state index contributed by atoms with van der Waals surface area (Å²) in [5, 5.41) is 11.6. The van der Waals surface area contributed by atoms with Gasteiger partial charge in [0.2, 0.25) is 0 Å². The molecule has 5 heteroatoms. The normalized spacial score (nSPS) is 24.1. The van der Waals surface area contributed by atoms with E-state index < -0.39 is 0 Å². The molecule has 0 aromatic rings. The van der Waals surface area contributed by atoms with Crippen molar-refractivity contribution in [2.45, 2.75) is 51.6 Å². The summed E-state index contributed by atoms with van der Waals surface area (Å²) in [5.41, 5.74) is 0. The third kappa shape index (κ3) is 5.06. The van der Waals surface area contributed by atoms with Crippen molar-refractivity contribution in [1.29, 1.82) is 0 Å². The first-order valence-corrected chi connectivity index (χ1v) is 8.07. The minimum Gasteiger partial charge on any atom is -0.396 e. The van der Waals surface area contributed by atoms with E-state index in [1.807, 2.05) is 4.90 Å². The van der Waals surface area contributed by atoms with E-state index in [0.29, 0.717) is 18.6 Å². The highest BCUT2D eigenvalue weighted by Gasteiger charge is 2.28. The van der Waals surface area contributed by atoms with Gasteiger partial charge in [-0.05, 0) is 45.3 Å². The van der Waals surface area contributed by atoms with Crippen molar-refractivity contribution in [3.8, 4) is 0 Å². The second-order valence-electron chi connectivity index (χ2n) is 4.96. The molecule has 1 heterocycles. The Hall–Kier alpha value is -0.420. The number of piperidine rings is 1. The summed E-state index contributed by atoms with van der Waals surface area (Å²) >= 11 is 1.77. The quantitative estimate of drug-likeness (QED) is 0.729. The SMILES string of the molecule is CC1CCCC(C)N1C(=O)NCCSCCCO. The number of urea groups is 1. The zero-order valence-corrected chi connectivity index (χ0v) is 12.3.